The second-order valence-corrected chi connectivity index (χ2v) is 15.6. The van der Waals surface area contributed by atoms with Gasteiger partial charge in [-0.2, -0.15) is 5.26 Å². The maximum Gasteiger partial charge on any atom is 0.102 e. The summed E-state index contributed by atoms with van der Waals surface area (Å²) in [6.07, 6.45) is 0. The number of nitriles is 1. The fourth-order valence-corrected chi connectivity index (χ4v) is 10.2. The van der Waals surface area contributed by atoms with Crippen LogP contribution in [0.15, 0.2) is 200 Å². The van der Waals surface area contributed by atoms with Gasteiger partial charge in [-0.15, -0.1) is 0 Å². The Morgan fingerprint density at radius 3 is 1.27 bits per heavy atom. The maximum atomic E-state index is 11.5. The average Bonchev–Trinajstić information content (AvgIpc) is 4.04. The van der Waals surface area contributed by atoms with E-state index in [4.69, 9.17) is 0 Å². The molecule has 60 heavy (non-hydrogen) atoms. The first kappa shape index (κ1) is 32.7. The molecule has 0 aliphatic carbocycles. The monoisotopic (exact) mass is 763 g/mol. The van der Waals surface area contributed by atoms with E-state index in [9.17, 15) is 5.26 Å². The lowest BCUT2D eigenvalue weighted by Gasteiger charge is -2.13. The Labute approximate surface area is 344 Å². The Balaban J connectivity index is 1.19. The van der Waals surface area contributed by atoms with E-state index >= 15 is 0 Å². The van der Waals surface area contributed by atoms with Crippen molar-refractivity contribution in [2.75, 3.05) is 0 Å². The van der Waals surface area contributed by atoms with E-state index in [-0.39, 0.29) is 0 Å². The summed E-state index contributed by atoms with van der Waals surface area (Å²) < 4.78 is 9.46. The number of fused-ring (bicyclic) bond motifs is 14. The lowest BCUT2D eigenvalue weighted by Crippen LogP contribution is -1.99. The van der Waals surface area contributed by atoms with Gasteiger partial charge in [0.25, 0.3) is 0 Å². The van der Waals surface area contributed by atoms with Crippen LogP contribution in [0.3, 0.4) is 0 Å². The molecule has 0 spiro atoms. The predicted octanol–water partition coefficient (Wildman–Crippen LogP) is 13.9. The number of hydrogen-bond acceptors (Lipinski definition) is 1. The highest BCUT2D eigenvalue weighted by Gasteiger charge is 2.26. The van der Waals surface area contributed by atoms with E-state index in [1.54, 1.807) is 0 Å². The van der Waals surface area contributed by atoms with E-state index in [1.807, 2.05) is 0 Å². The van der Waals surface area contributed by atoms with Crippen molar-refractivity contribution in [2.45, 2.75) is 0 Å². The molecule has 0 bridgehead atoms. The molecule has 0 saturated heterocycles. The first-order chi connectivity index (χ1) is 29.8. The number of rotatable bonds is 4. The number of hydrogen-bond donors (Lipinski definition) is 0. The molecule has 0 aliphatic heterocycles. The van der Waals surface area contributed by atoms with Crippen LogP contribution in [0, 0.1) is 11.3 Å². The van der Waals surface area contributed by atoms with Crippen LogP contribution in [-0.4, -0.2) is 18.3 Å². The smallest absolute Gasteiger partial charge is 0.102 e. The summed E-state index contributed by atoms with van der Waals surface area (Å²) in [6.45, 7) is 0. The Morgan fingerprint density at radius 1 is 0.283 bits per heavy atom. The third kappa shape index (κ3) is 4.29. The van der Waals surface area contributed by atoms with Gasteiger partial charge in [-0.05, 0) is 78.9 Å². The van der Waals surface area contributed by atoms with Gasteiger partial charge in [0.05, 0.1) is 55.4 Å². The molecular formula is C55H33N5. The normalized spacial score (nSPS) is 12.0. The van der Waals surface area contributed by atoms with E-state index in [1.165, 1.54) is 16.2 Å². The van der Waals surface area contributed by atoms with Crippen molar-refractivity contribution < 1.29 is 0 Å². The zero-order valence-electron chi connectivity index (χ0n) is 32.3. The number of para-hydroxylation sites is 6. The number of nitrogens with zero attached hydrogens (tertiary/aromatic N) is 5. The number of aromatic nitrogens is 4. The first-order valence-corrected chi connectivity index (χ1v) is 20.4. The van der Waals surface area contributed by atoms with Gasteiger partial charge in [0.2, 0.25) is 0 Å². The van der Waals surface area contributed by atoms with Gasteiger partial charge in [0.15, 0.2) is 0 Å². The molecule has 0 fully saturated rings. The SMILES string of the molecule is N#Cc1c(-n2c3ccccc3c3c2ccc2c4ccccc4n(-c4ccccc4)c23)ccc2c1c1ccc3c(c4ccccc4n3-c3ccccc3)c1n2-c1ccccc1. The fraction of sp³-hybridized carbons (Fsp3) is 0. The molecule has 0 N–H and O–H groups in total. The quantitative estimate of drug-likeness (QED) is 0.176. The van der Waals surface area contributed by atoms with Crippen LogP contribution in [0.1, 0.15) is 5.56 Å². The highest BCUT2D eigenvalue weighted by Crippen LogP contribution is 2.46. The van der Waals surface area contributed by atoms with Crippen LogP contribution >= 0.6 is 0 Å². The highest BCUT2D eigenvalue weighted by molar-refractivity contribution is 6.29. The molecule has 5 nitrogen and oxygen atoms in total. The second-order valence-electron chi connectivity index (χ2n) is 15.6. The van der Waals surface area contributed by atoms with Crippen LogP contribution in [0.2, 0.25) is 0 Å². The van der Waals surface area contributed by atoms with Gasteiger partial charge < -0.3 is 18.3 Å². The van der Waals surface area contributed by atoms with Crippen molar-refractivity contribution in [3.05, 3.63) is 206 Å². The molecular weight excluding hydrogens is 731 g/mol. The van der Waals surface area contributed by atoms with Gasteiger partial charge in [-0.3, -0.25) is 0 Å². The van der Waals surface area contributed by atoms with Crippen LogP contribution in [-0.2, 0) is 0 Å². The Bertz CT molecular complexity index is 3930. The van der Waals surface area contributed by atoms with Crippen molar-refractivity contribution in [3.8, 4) is 28.8 Å². The van der Waals surface area contributed by atoms with E-state index in [2.05, 4.69) is 225 Å². The van der Waals surface area contributed by atoms with Crippen LogP contribution in [0.4, 0.5) is 0 Å². The van der Waals surface area contributed by atoms with Crippen LogP contribution in [0.25, 0.3) is 110 Å². The summed E-state index contributed by atoms with van der Waals surface area (Å²) in [4.78, 5) is 0. The van der Waals surface area contributed by atoms with Crippen molar-refractivity contribution in [3.63, 3.8) is 0 Å². The maximum absolute atomic E-state index is 11.5. The van der Waals surface area contributed by atoms with Crippen LogP contribution < -0.4 is 0 Å². The standard InChI is InChI=1S/C55H33N5/c56-34-43-47(60-46-27-15-12-24-41(46)53-50(60)30-28-39-38-22-10-13-25-44(38)58(54(39)53)36-18-6-2-7-19-36)32-33-48-51(43)42-29-31-49-52(55(42)59(48)37-20-8-3-9-21-37)40-23-11-14-26-45(40)57(49)35-16-4-1-5-17-35/h1-33H. The highest BCUT2D eigenvalue weighted by atomic mass is 15.0. The van der Waals surface area contributed by atoms with Gasteiger partial charge in [-0.1, -0.05) is 121 Å². The minimum absolute atomic E-state index is 0.643. The van der Waals surface area contributed by atoms with Gasteiger partial charge in [0.1, 0.15) is 6.07 Å². The molecule has 0 atom stereocenters. The van der Waals surface area contributed by atoms with Crippen molar-refractivity contribution in [2.24, 2.45) is 0 Å². The molecule has 0 amide bonds. The molecule has 278 valence electrons. The third-order valence-corrected chi connectivity index (χ3v) is 12.6. The first-order valence-electron chi connectivity index (χ1n) is 20.4. The summed E-state index contributed by atoms with van der Waals surface area (Å²) in [7, 11) is 0. The van der Waals surface area contributed by atoms with Gasteiger partial charge in [0, 0.05) is 60.2 Å². The molecule has 9 aromatic carbocycles. The third-order valence-electron chi connectivity index (χ3n) is 12.6. The van der Waals surface area contributed by atoms with E-state index in [0.29, 0.717) is 5.56 Å². The molecule has 5 heteroatoms. The topological polar surface area (TPSA) is 43.5 Å². The minimum Gasteiger partial charge on any atom is -0.309 e. The van der Waals surface area contributed by atoms with Crippen molar-refractivity contribution >= 4 is 87.2 Å². The fourth-order valence-electron chi connectivity index (χ4n) is 10.2. The summed E-state index contributed by atoms with van der Waals surface area (Å²) in [5, 5.41) is 20.5. The molecule has 0 unspecified atom stereocenters. The molecule has 4 aromatic heterocycles. The summed E-state index contributed by atoms with van der Waals surface area (Å²) in [5.41, 5.74) is 13.5. The van der Waals surface area contributed by atoms with Crippen molar-refractivity contribution in [1.82, 2.24) is 18.3 Å². The zero-order valence-corrected chi connectivity index (χ0v) is 32.3. The van der Waals surface area contributed by atoms with E-state index in [0.717, 1.165) is 93.8 Å². The van der Waals surface area contributed by atoms with E-state index < -0.39 is 0 Å². The van der Waals surface area contributed by atoms with Crippen LogP contribution in [0.5, 0.6) is 0 Å². The Hall–Kier alpha value is -8.33. The molecule has 0 aliphatic rings. The predicted molar refractivity (Wildman–Crippen MR) is 249 cm³/mol. The summed E-state index contributed by atoms with van der Waals surface area (Å²) in [5.74, 6) is 0. The number of benzene rings is 9. The lowest BCUT2D eigenvalue weighted by atomic mass is 10.0. The summed E-state index contributed by atoms with van der Waals surface area (Å²) in [6, 6.07) is 74.0. The molecule has 0 saturated carbocycles. The van der Waals surface area contributed by atoms with Crippen molar-refractivity contribution in [1.29, 1.82) is 5.26 Å². The lowest BCUT2D eigenvalue weighted by molar-refractivity contribution is 1.16. The summed E-state index contributed by atoms with van der Waals surface area (Å²) >= 11 is 0. The van der Waals surface area contributed by atoms with Gasteiger partial charge in [-0.25, -0.2) is 0 Å². The Morgan fingerprint density at radius 2 is 0.683 bits per heavy atom. The second kappa shape index (κ2) is 12.3. The minimum atomic E-state index is 0.643. The average molecular weight is 764 g/mol. The molecule has 0 radical (unpaired) electrons. The Kier molecular flexibility index (Phi) is 6.73. The van der Waals surface area contributed by atoms with Gasteiger partial charge >= 0.3 is 0 Å². The molecule has 13 rings (SSSR count). The largest absolute Gasteiger partial charge is 0.309 e. The molecule has 4 heterocycles. The zero-order chi connectivity index (χ0) is 39.5. The molecule has 13 aromatic rings.